The first-order valence-corrected chi connectivity index (χ1v) is 4.63. The highest BCUT2D eigenvalue weighted by Gasteiger charge is 2.09. The molecule has 0 aliphatic carbocycles. The molecule has 2 aromatic heterocycles. The number of carboxylic acids is 1. The van der Waals surface area contributed by atoms with E-state index in [-0.39, 0.29) is 5.76 Å². The largest absolute Gasteiger partial charge is 0.475 e. The summed E-state index contributed by atoms with van der Waals surface area (Å²) in [6, 6.07) is 2.92. The maximum absolute atomic E-state index is 10.5. The number of nitrogens with one attached hydrogen (secondary N) is 1. The Hall–Kier alpha value is -2.24. The van der Waals surface area contributed by atoms with E-state index in [1.165, 1.54) is 6.07 Å². The van der Waals surface area contributed by atoms with Crippen molar-refractivity contribution in [1.82, 2.24) is 4.98 Å². The highest BCUT2D eigenvalue weighted by Crippen LogP contribution is 2.14. The lowest BCUT2D eigenvalue weighted by atomic mass is 10.4. The SMILES string of the molecule is Cc1cnc(CNc2ccc(C(=O)O)o2)o1. The molecule has 0 saturated heterocycles. The normalized spacial score (nSPS) is 10.3. The number of nitrogens with zero attached hydrogens (tertiary/aromatic N) is 1. The Balaban J connectivity index is 1.97. The summed E-state index contributed by atoms with van der Waals surface area (Å²) in [4.78, 5) is 14.5. The second-order valence-corrected chi connectivity index (χ2v) is 3.19. The highest BCUT2D eigenvalue weighted by molar-refractivity contribution is 5.84. The number of hydrogen-bond donors (Lipinski definition) is 2. The van der Waals surface area contributed by atoms with Crippen molar-refractivity contribution in [3.8, 4) is 0 Å². The molecule has 6 nitrogen and oxygen atoms in total. The summed E-state index contributed by atoms with van der Waals surface area (Å²) >= 11 is 0. The number of carbonyl (C=O) groups is 1. The third kappa shape index (κ3) is 2.22. The van der Waals surface area contributed by atoms with Crippen LogP contribution in [0.4, 0.5) is 5.88 Å². The van der Waals surface area contributed by atoms with Gasteiger partial charge >= 0.3 is 5.97 Å². The molecule has 0 unspecified atom stereocenters. The summed E-state index contributed by atoms with van der Waals surface area (Å²) in [6.07, 6.45) is 1.61. The smallest absolute Gasteiger partial charge is 0.371 e. The zero-order valence-electron chi connectivity index (χ0n) is 8.56. The Labute approximate surface area is 90.9 Å². The van der Waals surface area contributed by atoms with Crippen molar-refractivity contribution in [3.63, 3.8) is 0 Å². The first kappa shape index (κ1) is 10.3. The number of aromatic nitrogens is 1. The van der Waals surface area contributed by atoms with E-state index in [1.54, 1.807) is 19.2 Å². The van der Waals surface area contributed by atoms with E-state index in [9.17, 15) is 4.79 Å². The van der Waals surface area contributed by atoms with Crippen LogP contribution in [0, 0.1) is 6.92 Å². The zero-order chi connectivity index (χ0) is 11.5. The van der Waals surface area contributed by atoms with Crippen LogP contribution in [0.25, 0.3) is 0 Å². The van der Waals surface area contributed by atoms with Gasteiger partial charge in [0.15, 0.2) is 5.88 Å². The molecule has 0 aliphatic rings. The van der Waals surface area contributed by atoms with Crippen LogP contribution in [-0.2, 0) is 6.54 Å². The van der Waals surface area contributed by atoms with Gasteiger partial charge in [0.2, 0.25) is 11.7 Å². The molecule has 0 spiro atoms. The number of anilines is 1. The molecule has 84 valence electrons. The molecule has 2 aromatic rings. The molecule has 0 atom stereocenters. The predicted octanol–water partition coefficient (Wildman–Crippen LogP) is 1.89. The topological polar surface area (TPSA) is 88.5 Å². The lowest BCUT2D eigenvalue weighted by molar-refractivity contribution is 0.0663. The number of oxazole rings is 1. The van der Waals surface area contributed by atoms with E-state index in [0.29, 0.717) is 18.3 Å². The van der Waals surface area contributed by atoms with Crippen molar-refractivity contribution in [1.29, 1.82) is 0 Å². The predicted molar refractivity (Wildman–Crippen MR) is 54.2 cm³/mol. The molecule has 0 aliphatic heterocycles. The molecule has 0 radical (unpaired) electrons. The van der Waals surface area contributed by atoms with Crippen molar-refractivity contribution in [2.24, 2.45) is 0 Å². The molecular weight excluding hydrogens is 212 g/mol. The standard InChI is InChI=1S/C10H10N2O4/c1-6-4-11-9(15-6)5-12-8-3-2-7(16-8)10(13)14/h2-4,12H,5H2,1H3,(H,13,14). The van der Waals surface area contributed by atoms with Gasteiger partial charge < -0.3 is 19.3 Å². The Bertz CT molecular complexity index is 500. The van der Waals surface area contributed by atoms with Gasteiger partial charge in [-0.25, -0.2) is 9.78 Å². The molecule has 16 heavy (non-hydrogen) atoms. The molecule has 2 N–H and O–H groups in total. The summed E-state index contributed by atoms with van der Waals surface area (Å²) in [5.41, 5.74) is 0. The van der Waals surface area contributed by atoms with E-state index >= 15 is 0 Å². The molecule has 0 bridgehead atoms. The minimum atomic E-state index is -1.10. The van der Waals surface area contributed by atoms with Crippen LogP contribution in [0.1, 0.15) is 22.2 Å². The second kappa shape index (κ2) is 4.09. The number of hydrogen-bond acceptors (Lipinski definition) is 5. The molecule has 0 saturated carbocycles. The monoisotopic (exact) mass is 222 g/mol. The van der Waals surface area contributed by atoms with Gasteiger partial charge in [-0.3, -0.25) is 0 Å². The Morgan fingerprint density at radius 3 is 2.88 bits per heavy atom. The minimum absolute atomic E-state index is 0.105. The highest BCUT2D eigenvalue weighted by atomic mass is 16.4. The van der Waals surface area contributed by atoms with Gasteiger partial charge in [0.05, 0.1) is 12.7 Å². The third-order valence-electron chi connectivity index (χ3n) is 1.90. The molecule has 0 aromatic carbocycles. The van der Waals surface area contributed by atoms with E-state index in [4.69, 9.17) is 13.9 Å². The lowest BCUT2D eigenvalue weighted by Crippen LogP contribution is -1.98. The van der Waals surface area contributed by atoms with Gasteiger partial charge in [0, 0.05) is 6.07 Å². The average molecular weight is 222 g/mol. The fourth-order valence-electron chi connectivity index (χ4n) is 1.19. The van der Waals surface area contributed by atoms with Gasteiger partial charge in [0.25, 0.3) is 0 Å². The van der Waals surface area contributed by atoms with Gasteiger partial charge in [-0.1, -0.05) is 0 Å². The van der Waals surface area contributed by atoms with Crippen molar-refractivity contribution in [2.75, 3.05) is 5.32 Å². The number of rotatable bonds is 4. The molecule has 0 amide bonds. The first-order chi connectivity index (χ1) is 7.65. The van der Waals surface area contributed by atoms with Crippen molar-refractivity contribution < 1.29 is 18.7 Å². The van der Waals surface area contributed by atoms with Crippen LogP contribution in [0.2, 0.25) is 0 Å². The average Bonchev–Trinajstić information content (AvgIpc) is 2.83. The van der Waals surface area contributed by atoms with E-state index < -0.39 is 5.97 Å². The van der Waals surface area contributed by atoms with Crippen LogP contribution in [0.3, 0.4) is 0 Å². The van der Waals surface area contributed by atoms with E-state index in [2.05, 4.69) is 10.3 Å². The van der Waals surface area contributed by atoms with Gasteiger partial charge in [0.1, 0.15) is 5.76 Å². The molecule has 0 fully saturated rings. The third-order valence-corrected chi connectivity index (χ3v) is 1.90. The molecule has 6 heteroatoms. The number of furan rings is 1. The van der Waals surface area contributed by atoms with Gasteiger partial charge in [-0.05, 0) is 13.0 Å². The van der Waals surface area contributed by atoms with Crippen molar-refractivity contribution in [2.45, 2.75) is 13.5 Å². The summed E-state index contributed by atoms with van der Waals surface area (Å²) in [7, 11) is 0. The summed E-state index contributed by atoms with van der Waals surface area (Å²) in [5.74, 6) is 0.410. The fraction of sp³-hybridized carbons (Fsp3) is 0.200. The summed E-state index contributed by atoms with van der Waals surface area (Å²) < 4.78 is 10.2. The summed E-state index contributed by atoms with van der Waals surface area (Å²) in [5, 5.41) is 11.5. The van der Waals surface area contributed by atoms with Crippen LogP contribution in [0.15, 0.2) is 27.2 Å². The maximum atomic E-state index is 10.5. The number of carboxylic acid groups (broad SMARTS) is 1. The Morgan fingerprint density at radius 1 is 1.50 bits per heavy atom. The van der Waals surface area contributed by atoms with E-state index in [1.807, 2.05) is 0 Å². The first-order valence-electron chi connectivity index (χ1n) is 4.63. The Morgan fingerprint density at radius 2 is 2.31 bits per heavy atom. The fourth-order valence-corrected chi connectivity index (χ4v) is 1.19. The maximum Gasteiger partial charge on any atom is 0.371 e. The van der Waals surface area contributed by atoms with Gasteiger partial charge in [-0.15, -0.1) is 0 Å². The van der Waals surface area contributed by atoms with Crippen LogP contribution in [-0.4, -0.2) is 16.1 Å². The van der Waals surface area contributed by atoms with E-state index in [0.717, 1.165) is 5.76 Å². The molecule has 2 rings (SSSR count). The Kier molecular flexibility index (Phi) is 2.63. The zero-order valence-corrected chi connectivity index (χ0v) is 8.56. The van der Waals surface area contributed by atoms with Gasteiger partial charge in [-0.2, -0.15) is 0 Å². The quantitative estimate of drug-likeness (QED) is 0.821. The van der Waals surface area contributed by atoms with Crippen LogP contribution in [0.5, 0.6) is 0 Å². The minimum Gasteiger partial charge on any atom is -0.475 e. The van der Waals surface area contributed by atoms with Crippen molar-refractivity contribution in [3.05, 3.63) is 35.7 Å². The number of aromatic carboxylic acids is 1. The second-order valence-electron chi connectivity index (χ2n) is 3.19. The number of aryl methyl sites for hydroxylation is 1. The van der Waals surface area contributed by atoms with Crippen molar-refractivity contribution >= 4 is 11.9 Å². The molecule has 2 heterocycles. The summed E-state index contributed by atoms with van der Waals surface area (Å²) in [6.45, 7) is 2.15. The molecular formula is C10H10N2O4. The van der Waals surface area contributed by atoms with Crippen LogP contribution >= 0.6 is 0 Å². The van der Waals surface area contributed by atoms with Crippen LogP contribution < -0.4 is 5.32 Å². The lowest BCUT2D eigenvalue weighted by Gasteiger charge is -1.97.